The average molecular weight is 571 g/mol. The van der Waals surface area contributed by atoms with Gasteiger partial charge in [-0.1, -0.05) is 35.4 Å². The number of ether oxygens (including phenoxy) is 2. The summed E-state index contributed by atoms with van der Waals surface area (Å²) in [6.45, 7) is 3.83. The highest BCUT2D eigenvalue weighted by atomic mass is 32.2. The molecular formula is C26H22N10O4S. The van der Waals surface area contributed by atoms with Gasteiger partial charge in [0.1, 0.15) is 18.2 Å². The van der Waals surface area contributed by atoms with Crippen molar-refractivity contribution >= 4 is 46.6 Å². The molecule has 0 aliphatic carbocycles. The van der Waals surface area contributed by atoms with E-state index in [0.717, 1.165) is 11.1 Å². The maximum absolute atomic E-state index is 13.0. The molecule has 14 nitrogen and oxygen atoms in total. The molecule has 3 heterocycles. The number of thioether (sulfide) groups is 1. The molecule has 41 heavy (non-hydrogen) atoms. The predicted octanol–water partition coefficient (Wildman–Crippen LogP) is 6.41. The first-order chi connectivity index (χ1) is 19.9. The Kier molecular flexibility index (Phi) is 8.01. The van der Waals surface area contributed by atoms with Crippen molar-refractivity contribution in [2.45, 2.75) is 37.0 Å². The minimum absolute atomic E-state index is 0.0186. The Balaban J connectivity index is 1.43. The van der Waals surface area contributed by atoms with E-state index >= 15 is 0 Å². The number of rotatable bonds is 8. The lowest BCUT2D eigenvalue weighted by Gasteiger charge is -2.19. The van der Waals surface area contributed by atoms with Crippen LogP contribution >= 0.6 is 11.8 Å². The number of carbonyl (C=O) groups excluding carboxylic acids is 2. The van der Waals surface area contributed by atoms with E-state index in [1.165, 1.54) is 18.1 Å². The number of nitrogens with zero attached hydrogens (tertiary/aromatic N) is 10. The van der Waals surface area contributed by atoms with E-state index in [-0.39, 0.29) is 34.9 Å². The van der Waals surface area contributed by atoms with Crippen LogP contribution in [-0.4, -0.2) is 49.4 Å². The highest BCUT2D eigenvalue weighted by Crippen LogP contribution is 2.45. The van der Waals surface area contributed by atoms with Crippen LogP contribution in [0.3, 0.4) is 0 Å². The Hall–Kier alpha value is -5.10. The highest BCUT2D eigenvalue weighted by Gasteiger charge is 2.40. The van der Waals surface area contributed by atoms with E-state index in [1.807, 2.05) is 38.1 Å². The Morgan fingerprint density at radius 2 is 1.61 bits per heavy atom. The highest BCUT2D eigenvalue weighted by molar-refractivity contribution is 8.00. The molecule has 1 aliphatic rings. The molecule has 5 rings (SSSR count). The summed E-state index contributed by atoms with van der Waals surface area (Å²) in [6.07, 6.45) is 1.20. The third-order valence-corrected chi connectivity index (χ3v) is 7.89. The van der Waals surface area contributed by atoms with Crippen LogP contribution in [0.1, 0.15) is 43.6 Å². The fourth-order valence-electron chi connectivity index (χ4n) is 4.27. The molecule has 0 amide bonds. The lowest BCUT2D eigenvalue weighted by atomic mass is 10.1. The molecule has 0 radical (unpaired) electrons. The molecule has 1 fully saturated rings. The molecule has 0 bridgehead atoms. The van der Waals surface area contributed by atoms with Gasteiger partial charge in [-0.15, -0.1) is 11.8 Å². The number of esters is 2. The van der Waals surface area contributed by atoms with Crippen LogP contribution in [-0.2, 0) is 9.47 Å². The molecule has 0 spiro atoms. The van der Waals surface area contributed by atoms with Crippen LogP contribution in [0.2, 0.25) is 0 Å². The number of aryl methyl sites for hydroxylation is 2. The van der Waals surface area contributed by atoms with E-state index in [1.54, 1.807) is 28.8 Å². The molecule has 1 aliphatic heterocycles. The van der Waals surface area contributed by atoms with Crippen molar-refractivity contribution in [3.8, 4) is 0 Å². The van der Waals surface area contributed by atoms with Crippen molar-refractivity contribution in [2.24, 2.45) is 10.2 Å². The SMILES string of the molecule is Cc1ccc(C(=O)OC[C@H]2S[C@@H](n3cnc4c(N=[N+]=[N-])nc(N=[N+]=[N-])nc43)C[C@@H]2OC(=O)c2ccc(C)cc2)cc1. The molecule has 0 N–H and O–H groups in total. The Morgan fingerprint density at radius 3 is 2.24 bits per heavy atom. The van der Waals surface area contributed by atoms with Crippen molar-refractivity contribution in [2.75, 3.05) is 6.61 Å². The lowest BCUT2D eigenvalue weighted by molar-refractivity contribution is 0.0205. The number of imidazole rings is 1. The van der Waals surface area contributed by atoms with Crippen molar-refractivity contribution in [3.05, 3.63) is 98.0 Å². The summed E-state index contributed by atoms with van der Waals surface area (Å²) in [7, 11) is 0. The number of carbonyl (C=O) groups is 2. The average Bonchev–Trinajstić information content (AvgIpc) is 3.57. The van der Waals surface area contributed by atoms with Crippen LogP contribution in [0.4, 0.5) is 11.8 Å². The summed E-state index contributed by atoms with van der Waals surface area (Å²) in [5.74, 6) is -1.32. The number of hydrogen-bond donors (Lipinski definition) is 0. The first-order valence-electron chi connectivity index (χ1n) is 12.4. The Labute approximate surface area is 237 Å². The Morgan fingerprint density at radius 1 is 0.976 bits per heavy atom. The van der Waals surface area contributed by atoms with Crippen molar-refractivity contribution < 1.29 is 19.1 Å². The number of fused-ring (bicyclic) bond motifs is 1. The molecule has 4 aromatic rings. The van der Waals surface area contributed by atoms with Gasteiger partial charge in [-0.25, -0.2) is 24.5 Å². The monoisotopic (exact) mass is 570 g/mol. The molecule has 2 aromatic carbocycles. The molecule has 1 saturated heterocycles. The minimum atomic E-state index is -0.628. The third-order valence-electron chi connectivity index (χ3n) is 6.37. The first kappa shape index (κ1) is 27.5. The second kappa shape index (κ2) is 12.0. The van der Waals surface area contributed by atoms with Gasteiger partial charge >= 0.3 is 11.9 Å². The topological polar surface area (TPSA) is 194 Å². The predicted molar refractivity (Wildman–Crippen MR) is 150 cm³/mol. The fourth-order valence-corrected chi connectivity index (χ4v) is 5.75. The molecule has 0 saturated carbocycles. The van der Waals surface area contributed by atoms with Crippen LogP contribution < -0.4 is 0 Å². The molecular weight excluding hydrogens is 548 g/mol. The van der Waals surface area contributed by atoms with Crippen molar-refractivity contribution in [1.82, 2.24) is 19.5 Å². The maximum Gasteiger partial charge on any atom is 0.338 e. The van der Waals surface area contributed by atoms with E-state index in [4.69, 9.17) is 20.5 Å². The zero-order valence-electron chi connectivity index (χ0n) is 21.9. The number of benzene rings is 2. The first-order valence-corrected chi connectivity index (χ1v) is 13.3. The van der Waals surface area contributed by atoms with E-state index < -0.39 is 23.3 Å². The van der Waals surface area contributed by atoms with Gasteiger partial charge in [0, 0.05) is 16.2 Å². The fraction of sp³-hybridized carbons (Fsp3) is 0.269. The van der Waals surface area contributed by atoms with Gasteiger partial charge in [-0.3, -0.25) is 0 Å². The van der Waals surface area contributed by atoms with Gasteiger partial charge in [0.2, 0.25) is 5.95 Å². The summed E-state index contributed by atoms with van der Waals surface area (Å²) in [4.78, 5) is 43.8. The zero-order chi connectivity index (χ0) is 28.9. The largest absolute Gasteiger partial charge is 0.461 e. The molecule has 0 unspecified atom stereocenters. The van der Waals surface area contributed by atoms with E-state index in [2.05, 4.69) is 35.0 Å². The van der Waals surface area contributed by atoms with Gasteiger partial charge in [0.05, 0.1) is 28.1 Å². The summed E-state index contributed by atoms with van der Waals surface area (Å²) >= 11 is 1.41. The summed E-state index contributed by atoms with van der Waals surface area (Å²) in [5.41, 5.74) is 21.1. The number of hydrogen-bond acceptors (Lipinski definition) is 10. The van der Waals surface area contributed by atoms with Crippen molar-refractivity contribution in [3.63, 3.8) is 0 Å². The maximum atomic E-state index is 13.0. The van der Waals surface area contributed by atoms with Gasteiger partial charge in [0.15, 0.2) is 11.5 Å². The van der Waals surface area contributed by atoms with Crippen LogP contribution in [0.25, 0.3) is 32.0 Å². The molecule has 206 valence electrons. The van der Waals surface area contributed by atoms with Crippen LogP contribution in [0.5, 0.6) is 0 Å². The molecule has 2 aromatic heterocycles. The van der Waals surface area contributed by atoms with E-state index in [0.29, 0.717) is 17.5 Å². The second-order valence-corrected chi connectivity index (χ2v) is 10.6. The minimum Gasteiger partial charge on any atom is -0.461 e. The van der Waals surface area contributed by atoms with Gasteiger partial charge in [-0.2, -0.15) is 0 Å². The normalized spacial score (nSPS) is 17.9. The van der Waals surface area contributed by atoms with Gasteiger partial charge in [-0.05, 0) is 59.4 Å². The Bertz CT molecular complexity index is 1710. The summed E-state index contributed by atoms with van der Waals surface area (Å²) < 4.78 is 13.2. The zero-order valence-corrected chi connectivity index (χ0v) is 22.7. The van der Waals surface area contributed by atoms with E-state index in [9.17, 15) is 9.59 Å². The standard InChI is InChI=1S/C26H22N10O4S/c1-14-3-7-16(8-4-14)24(37)39-12-19-18(40-25(38)17-9-5-15(2)6-10-17)11-20(41-19)36-13-29-21-22(32-34-27)30-26(33-35-28)31-23(21)36/h3-10,13,18-20H,11-12H2,1-2H3/t18-,19+,20+/m0/s1. The quantitative estimate of drug-likeness (QED) is 0.100. The lowest BCUT2D eigenvalue weighted by Crippen LogP contribution is -2.29. The molecule has 15 heteroatoms. The van der Waals surface area contributed by atoms with Crippen molar-refractivity contribution in [1.29, 1.82) is 0 Å². The third kappa shape index (κ3) is 6.07. The van der Waals surface area contributed by atoms with Crippen LogP contribution in [0, 0.1) is 13.8 Å². The molecule has 3 atom stereocenters. The second-order valence-electron chi connectivity index (χ2n) is 9.19. The van der Waals surface area contributed by atoms with Gasteiger partial charge < -0.3 is 14.0 Å². The number of aromatic nitrogens is 4. The van der Waals surface area contributed by atoms with Gasteiger partial charge in [0.25, 0.3) is 0 Å². The summed E-state index contributed by atoms with van der Waals surface area (Å²) in [5, 5.41) is 6.20. The summed E-state index contributed by atoms with van der Waals surface area (Å²) in [6, 6.07) is 14.1. The van der Waals surface area contributed by atoms with Crippen LogP contribution in [0.15, 0.2) is 65.1 Å². The smallest absolute Gasteiger partial charge is 0.338 e. The number of azide groups is 2.